The first-order valence-electron chi connectivity index (χ1n) is 11.9. The fraction of sp³-hybridized carbons (Fsp3) is 0.440. The molecule has 6 rings (SSSR count). The average Bonchev–Trinajstić information content (AvgIpc) is 3.16. The Labute approximate surface area is 210 Å². The number of alkyl halides is 3. The fourth-order valence-electron chi connectivity index (χ4n) is 6.14. The van der Waals surface area contributed by atoms with E-state index in [1.807, 2.05) is 4.90 Å². The molecule has 4 bridgehead atoms. The lowest BCUT2D eigenvalue weighted by molar-refractivity contribution is -0.141. The van der Waals surface area contributed by atoms with Crippen molar-refractivity contribution in [2.45, 2.75) is 56.9 Å². The number of nitrogens with one attached hydrogen (secondary N) is 1. The van der Waals surface area contributed by atoms with Gasteiger partial charge in [0.2, 0.25) is 0 Å². The zero-order chi connectivity index (χ0) is 25.4. The summed E-state index contributed by atoms with van der Waals surface area (Å²) < 4.78 is 53.7. The minimum absolute atomic E-state index is 0. The van der Waals surface area contributed by atoms with Crippen LogP contribution < -0.4 is 5.32 Å². The van der Waals surface area contributed by atoms with Crippen molar-refractivity contribution in [3.63, 3.8) is 0 Å². The van der Waals surface area contributed by atoms with Gasteiger partial charge in [-0.25, -0.2) is 4.39 Å². The predicted octanol–water partition coefficient (Wildman–Crippen LogP) is 5.13. The topological polar surface area (TPSA) is 75.4 Å². The van der Waals surface area contributed by atoms with Crippen LogP contribution in [0.4, 0.5) is 22.3 Å². The summed E-state index contributed by atoms with van der Waals surface area (Å²) >= 11 is 0. The molecule has 0 spiro atoms. The van der Waals surface area contributed by atoms with Crippen LogP contribution in [0.15, 0.2) is 48.6 Å². The number of allylic oxidation sites excluding steroid dienone is 1. The summed E-state index contributed by atoms with van der Waals surface area (Å²) in [6, 6.07) is 1.70. The number of carbonyl (C=O) groups excluding carboxylic acids is 1. The Hall–Kier alpha value is -3.57. The number of aromatic nitrogens is 3. The smallest absolute Gasteiger partial charge is 0.357 e. The Morgan fingerprint density at radius 2 is 1.86 bits per heavy atom. The van der Waals surface area contributed by atoms with Gasteiger partial charge in [0.15, 0.2) is 0 Å². The van der Waals surface area contributed by atoms with Crippen LogP contribution >= 0.6 is 0 Å². The van der Waals surface area contributed by atoms with Gasteiger partial charge in [-0.05, 0) is 50.0 Å². The van der Waals surface area contributed by atoms with Crippen molar-refractivity contribution in [3.8, 4) is 0 Å². The number of halogens is 5. The summed E-state index contributed by atoms with van der Waals surface area (Å²) in [6.07, 6.45) is 7.22. The molecule has 0 atom stereocenters. The second kappa shape index (κ2) is 10.4. The summed E-state index contributed by atoms with van der Waals surface area (Å²) in [7, 11) is 0. The molecule has 2 aliphatic heterocycles. The van der Waals surface area contributed by atoms with Crippen molar-refractivity contribution < 1.29 is 27.1 Å². The van der Waals surface area contributed by atoms with Crippen LogP contribution in [0, 0.1) is 11.8 Å². The van der Waals surface area contributed by atoms with E-state index in [9.17, 15) is 22.4 Å². The van der Waals surface area contributed by atoms with Crippen LogP contribution in [-0.4, -0.2) is 50.0 Å². The van der Waals surface area contributed by atoms with E-state index in [2.05, 4.69) is 27.0 Å². The minimum atomic E-state index is -4.55. The lowest BCUT2D eigenvalue weighted by Gasteiger charge is -2.56. The molecule has 2 saturated heterocycles. The van der Waals surface area contributed by atoms with Gasteiger partial charge in [0.25, 0.3) is 5.91 Å². The highest BCUT2D eigenvalue weighted by atomic mass is 19.4. The number of pyridine rings is 1. The van der Waals surface area contributed by atoms with E-state index in [4.69, 9.17) is 0 Å². The normalized spacial score (nSPS) is 25.3. The first kappa shape index (κ1) is 26.5. The predicted molar refractivity (Wildman–Crippen MR) is 130 cm³/mol. The van der Waals surface area contributed by atoms with Crippen LogP contribution in [0.2, 0.25) is 0 Å². The zero-order valence-corrected chi connectivity index (χ0v) is 19.9. The standard InChI is InChI=1S/C25H26F4N6O.FH/c1-2-4-30-13-21(31-5-3-26)23-19-12-32-20(11-22(19)34(33-23)14-25(27,28)29)24(36)35-17-7-15-6-16(9-17)10-18(35)8-15;/h2-5,11-13,15-18,31H,1,6-10,14H2;1H/b5-3+,21-13-,30-4?;. The Balaban J connectivity index is 0.00000320. The number of piperidine rings is 2. The van der Waals surface area contributed by atoms with Crippen LogP contribution in [-0.2, 0) is 6.54 Å². The van der Waals surface area contributed by atoms with E-state index in [-0.39, 0.29) is 57.0 Å². The molecule has 2 saturated carbocycles. The molecular weight excluding hydrogens is 495 g/mol. The Kier molecular flexibility index (Phi) is 7.47. The van der Waals surface area contributed by atoms with Gasteiger partial charge in [-0.1, -0.05) is 12.7 Å². The highest BCUT2D eigenvalue weighted by Gasteiger charge is 2.49. The lowest BCUT2D eigenvalue weighted by Crippen LogP contribution is -2.59. The summed E-state index contributed by atoms with van der Waals surface area (Å²) in [5.41, 5.74) is 0.445. The molecule has 1 amide bonds. The molecule has 0 unspecified atom stereocenters. The van der Waals surface area contributed by atoms with Gasteiger partial charge in [0.05, 0.1) is 17.4 Å². The molecule has 2 aromatic rings. The number of aliphatic imine (C=N–C) groups is 1. The molecule has 7 nitrogen and oxygen atoms in total. The molecule has 1 N–H and O–H groups in total. The third-order valence-electron chi connectivity index (χ3n) is 7.25. The summed E-state index contributed by atoms with van der Waals surface area (Å²) in [4.78, 5) is 23.8. The number of amides is 1. The monoisotopic (exact) mass is 522 g/mol. The maximum absolute atomic E-state index is 13.5. The lowest BCUT2D eigenvalue weighted by atomic mass is 9.63. The largest absolute Gasteiger partial charge is 0.408 e. The molecule has 2 aromatic heterocycles. The quantitative estimate of drug-likeness (QED) is 0.404. The van der Waals surface area contributed by atoms with Gasteiger partial charge in [-0.15, -0.1) is 0 Å². The number of nitrogens with zero attached hydrogens (tertiary/aromatic N) is 5. The van der Waals surface area contributed by atoms with Gasteiger partial charge in [-0.2, -0.15) is 18.3 Å². The number of fused-ring (bicyclic) bond motifs is 1. The maximum Gasteiger partial charge on any atom is 0.408 e. The number of hydrogen-bond donors (Lipinski definition) is 1. The Morgan fingerprint density at radius 1 is 1.19 bits per heavy atom. The second-order valence-electron chi connectivity index (χ2n) is 9.65. The van der Waals surface area contributed by atoms with E-state index in [0.29, 0.717) is 11.8 Å². The van der Waals surface area contributed by atoms with Crippen LogP contribution in [0.25, 0.3) is 16.6 Å². The third-order valence-corrected chi connectivity index (χ3v) is 7.25. The Morgan fingerprint density at radius 3 is 2.46 bits per heavy atom. The highest BCUT2D eigenvalue weighted by molar-refractivity contribution is 5.98. The maximum atomic E-state index is 13.5. The van der Waals surface area contributed by atoms with Crippen molar-refractivity contribution in [3.05, 3.63) is 55.0 Å². The molecule has 4 fully saturated rings. The van der Waals surface area contributed by atoms with Gasteiger partial charge in [0, 0.05) is 36.1 Å². The molecule has 12 heteroatoms. The average molecular weight is 523 g/mol. The van der Waals surface area contributed by atoms with Crippen molar-refractivity contribution >= 4 is 28.7 Å². The Bertz CT molecular complexity index is 1240. The number of hydrogen-bond acceptors (Lipinski definition) is 5. The summed E-state index contributed by atoms with van der Waals surface area (Å²) in [5.74, 6) is 1.06. The number of carbonyl (C=O) groups is 1. The van der Waals surface area contributed by atoms with Gasteiger partial charge in [0.1, 0.15) is 24.3 Å². The van der Waals surface area contributed by atoms with Crippen LogP contribution in [0.5, 0.6) is 0 Å². The summed E-state index contributed by atoms with van der Waals surface area (Å²) in [6.45, 7) is 2.16. The fourth-order valence-corrected chi connectivity index (χ4v) is 6.14. The molecule has 4 heterocycles. The number of rotatable bonds is 7. The van der Waals surface area contributed by atoms with E-state index < -0.39 is 12.7 Å². The molecule has 2 aliphatic carbocycles. The van der Waals surface area contributed by atoms with Gasteiger partial charge >= 0.3 is 6.18 Å². The second-order valence-corrected chi connectivity index (χ2v) is 9.65. The molecule has 4 aliphatic rings. The van der Waals surface area contributed by atoms with E-state index >= 15 is 0 Å². The molecule has 0 aromatic carbocycles. The SMILES string of the molecule is C=CC=N/C=C(\N/C=C/F)c1nn(CC(F)(F)F)c2cc(C(=O)N3C4CC5CC(C4)CC3C5)ncc12.F. The molecule has 37 heavy (non-hydrogen) atoms. The molecule has 198 valence electrons. The molecule has 0 radical (unpaired) electrons. The summed E-state index contributed by atoms with van der Waals surface area (Å²) in [5, 5.41) is 7.05. The zero-order valence-electron chi connectivity index (χ0n) is 19.9. The van der Waals surface area contributed by atoms with Gasteiger partial charge < -0.3 is 10.2 Å². The van der Waals surface area contributed by atoms with Crippen LogP contribution in [0.1, 0.15) is 48.3 Å². The van der Waals surface area contributed by atoms with Crippen molar-refractivity contribution in [2.24, 2.45) is 16.8 Å². The van der Waals surface area contributed by atoms with E-state index in [0.717, 1.165) is 36.6 Å². The van der Waals surface area contributed by atoms with Crippen molar-refractivity contribution in [1.82, 2.24) is 25.0 Å². The molecular formula is C25H27F5N6O. The van der Waals surface area contributed by atoms with Crippen molar-refractivity contribution in [2.75, 3.05) is 0 Å². The van der Waals surface area contributed by atoms with E-state index in [1.54, 1.807) is 0 Å². The van der Waals surface area contributed by atoms with E-state index in [1.165, 1.54) is 37.2 Å². The van der Waals surface area contributed by atoms with Crippen molar-refractivity contribution in [1.29, 1.82) is 0 Å². The van der Waals surface area contributed by atoms with Crippen LogP contribution in [0.3, 0.4) is 0 Å². The minimum Gasteiger partial charge on any atom is -0.357 e. The first-order chi connectivity index (χ1) is 17.3. The first-order valence-corrected chi connectivity index (χ1v) is 11.9. The highest BCUT2D eigenvalue weighted by Crippen LogP contribution is 2.49. The third kappa shape index (κ3) is 5.28. The van der Waals surface area contributed by atoms with Gasteiger partial charge in [-0.3, -0.25) is 24.2 Å².